The van der Waals surface area contributed by atoms with Gasteiger partial charge < -0.3 is 39.9 Å². The van der Waals surface area contributed by atoms with E-state index in [-0.39, 0.29) is 116 Å². The number of nitrogens with one attached hydrogen (secondary N) is 2. The van der Waals surface area contributed by atoms with Gasteiger partial charge in [-0.05, 0) is 117 Å². The van der Waals surface area contributed by atoms with Crippen molar-refractivity contribution in [2.75, 3.05) is 108 Å². The summed E-state index contributed by atoms with van der Waals surface area (Å²) in [6, 6.07) is 55.4. The number of methoxy groups -OCH3 is 1. The number of amides is 3. The van der Waals surface area contributed by atoms with Crippen LogP contribution in [0, 0.1) is 12.8 Å². The molecule has 0 fully saturated rings. The number of hydrogen-bond acceptors (Lipinski definition) is 17. The predicted molar refractivity (Wildman–Crippen MR) is 439 cm³/mol. The lowest BCUT2D eigenvalue weighted by Crippen LogP contribution is -2.35. The molecule has 0 saturated heterocycles. The Morgan fingerprint density at radius 1 is 0.473 bits per heavy atom. The van der Waals surface area contributed by atoms with Crippen molar-refractivity contribution in [2.24, 2.45) is 5.92 Å². The monoisotopic (exact) mass is 1640 g/mol. The molecule has 3 unspecified atom stereocenters. The van der Waals surface area contributed by atoms with Crippen molar-refractivity contribution in [1.82, 2.24) is 0 Å². The molecule has 0 saturated carbocycles. The number of anilines is 8. The molecule has 0 bridgehead atoms. The van der Waals surface area contributed by atoms with Gasteiger partial charge in [-0.1, -0.05) is 159 Å². The molecule has 2 N–H and O–H groups in total. The molecule has 17 rings (SSSR count). The van der Waals surface area contributed by atoms with E-state index >= 15 is 0 Å². The number of likely N-dealkylation sites (N-methyl/N-ethyl adjacent to an activating group) is 2. The van der Waals surface area contributed by atoms with Crippen LogP contribution in [0.1, 0.15) is 133 Å². The summed E-state index contributed by atoms with van der Waals surface area (Å²) in [7, 11) is 7.42. The Labute approximate surface area is 670 Å². The summed E-state index contributed by atoms with van der Waals surface area (Å²) in [6.45, 7) is 11.1. The normalized spacial score (nSPS) is 16.6. The maximum atomic E-state index is 12.3. The number of benzene rings is 9. The van der Waals surface area contributed by atoms with Gasteiger partial charge in [0.1, 0.15) is 5.75 Å². The van der Waals surface area contributed by atoms with E-state index in [2.05, 4.69) is 31.5 Å². The zero-order valence-corrected chi connectivity index (χ0v) is 66.7. The van der Waals surface area contributed by atoms with E-state index < -0.39 is 5.50 Å². The number of nitrogens with zero attached hydrogens (tertiary/aromatic N) is 6. The first-order chi connectivity index (χ1) is 52.4. The van der Waals surface area contributed by atoms with E-state index in [9.17, 15) is 52.7 Å². The molecule has 3 amide bonds. The first kappa shape index (κ1) is 82.0. The summed E-state index contributed by atoms with van der Waals surface area (Å²) in [4.78, 5) is 138. The van der Waals surface area contributed by atoms with Gasteiger partial charge >= 0.3 is 0 Å². The number of rotatable bonds is 2. The van der Waals surface area contributed by atoms with Gasteiger partial charge in [0.25, 0.3) is 5.91 Å². The van der Waals surface area contributed by atoms with Crippen LogP contribution in [-0.4, -0.2) is 143 Å². The minimum Gasteiger partial charge on any atom is -0.497 e. The standard InChI is InChI=1S/C15H11NO2.C12H15NO2.C11H11NO2.C11H13NO.C10H8BrNO2.C9H8ClNO.C8H3Cl4NO.C8H7NO/c17-14-10-16(13-9-5-4-8-12(13)14)15(18)11-6-2-1-3-7-11;1-8-7-13(2)11-6-9(15-3)4-5-10(11)12(8)14;1-8(13)12-7-6-11(14)9-4-2-3-5-10(9)12;1-7-4-5-10-9(6-7)11(13)8(2)12(10)3;1-6(13)12-5-10(14)8-3-2-7(11)4-9(8)12;1-11-7-5-3-2-4-6(7)8(12)9(11)10;9-4-3-2(14)1-13-8(3)7(12)6(11)5(4)10;10-8-5-9-7-4-2-1-3-6(7)8/h1-9H,10H2;4-6,8H,7H2,1-3H3;2-5H,6-7H2,1H3;4-6,8H,1-3H3;2-4H,5H2,1H3;2-5,9H,1H3;13H,1H2;1-4,9H,5H2. The molecule has 0 spiro atoms. The van der Waals surface area contributed by atoms with Gasteiger partial charge in [-0.25, -0.2) is 0 Å². The number of carbonyl (C=O) groups excluding carboxylic acids is 11. The minimum absolute atomic E-state index is 0.00250. The fraction of sp³-hybridized carbons (Fsp3) is 0.226. The average molecular weight is 1650 g/mol. The van der Waals surface area contributed by atoms with Crippen LogP contribution in [0.4, 0.5) is 45.5 Å². The Hall–Kier alpha value is -10.5. The Kier molecular flexibility index (Phi) is 26.7. The van der Waals surface area contributed by atoms with Crippen LogP contribution < -0.4 is 44.8 Å². The SMILES string of the molecule is CC(=O)N1CC(=O)c2ccc(Br)cc21.CC(=O)N1CCC(=O)c2ccccc21.CN1c2ccccc2C(=O)C1Cl.COc1ccc2c(c1)N(C)CC(C)C2=O.Cc1ccc2c(c1)C(=O)C(C)N2C.O=C1CN(C(=O)c2ccccc2)c2ccccc21.O=C1CNc2c(Cl)c(Cl)c(Cl)c(Cl)c21.O=C1CNc2ccccc21. The zero-order chi connectivity index (χ0) is 79.7. The quantitative estimate of drug-likeness (QED) is 0.0707. The topological polar surface area (TPSA) is 240 Å². The first-order valence-electron chi connectivity index (χ1n) is 34.7. The third-order valence-electron chi connectivity index (χ3n) is 19.1. The molecule has 0 radical (unpaired) electrons. The molecular weight excluding hydrogens is 1570 g/mol. The molecule has 0 aromatic heterocycles. The molecule has 110 heavy (non-hydrogen) atoms. The lowest BCUT2D eigenvalue weighted by molar-refractivity contribution is -0.117. The fourth-order valence-corrected chi connectivity index (χ4v) is 14.7. The number of aryl methyl sites for hydroxylation is 1. The van der Waals surface area contributed by atoms with Crippen molar-refractivity contribution >= 4 is 183 Å². The lowest BCUT2D eigenvalue weighted by atomic mass is 9.93. The number of carbonyl (C=O) groups is 11. The van der Waals surface area contributed by atoms with Crippen LogP contribution >= 0.6 is 73.9 Å². The number of fused-ring (bicyclic) bond motifs is 8. The number of ether oxygens (including phenoxy) is 1. The molecule has 9 aromatic carbocycles. The van der Waals surface area contributed by atoms with E-state index in [1.54, 1.807) is 71.5 Å². The van der Waals surface area contributed by atoms with Gasteiger partial charge in [0.2, 0.25) is 17.6 Å². The molecule has 9 aromatic rings. The average Bonchev–Trinajstić information content (AvgIpc) is 1.45. The third kappa shape index (κ3) is 17.8. The molecule has 8 heterocycles. The van der Waals surface area contributed by atoms with Crippen molar-refractivity contribution < 1.29 is 57.5 Å². The highest BCUT2D eigenvalue weighted by atomic mass is 79.9. The van der Waals surface area contributed by atoms with Crippen molar-refractivity contribution in [3.8, 4) is 5.75 Å². The largest absolute Gasteiger partial charge is 0.497 e. The summed E-state index contributed by atoms with van der Waals surface area (Å²) in [5.41, 5.74) is 13.2. The van der Waals surface area contributed by atoms with Gasteiger partial charge in [0, 0.05) is 133 Å². The summed E-state index contributed by atoms with van der Waals surface area (Å²) >= 11 is 32.6. The van der Waals surface area contributed by atoms with Crippen LogP contribution in [0.2, 0.25) is 20.1 Å². The number of alkyl halides is 1. The van der Waals surface area contributed by atoms with Crippen LogP contribution in [0.25, 0.3) is 0 Å². The summed E-state index contributed by atoms with van der Waals surface area (Å²) < 4.78 is 6.03. The Balaban J connectivity index is 0.000000134. The molecule has 3 atom stereocenters. The number of Topliss-reactive ketones (excluding diaryl/α,β-unsaturated/α-hetero) is 8. The number of halogens is 6. The summed E-state index contributed by atoms with van der Waals surface area (Å²) in [5.74, 6) is 1.27. The van der Waals surface area contributed by atoms with E-state index in [1.807, 2.05) is 174 Å². The number of ketones is 8. The van der Waals surface area contributed by atoms with Crippen molar-refractivity contribution in [3.05, 3.63) is 262 Å². The molecule has 566 valence electrons. The van der Waals surface area contributed by atoms with Crippen LogP contribution in [0.5, 0.6) is 5.75 Å². The molecular formula is C84H76BrCl5N8O12. The Bertz CT molecular complexity index is 5180. The van der Waals surface area contributed by atoms with E-state index in [0.717, 1.165) is 73.0 Å². The van der Waals surface area contributed by atoms with Gasteiger partial charge in [0.05, 0.1) is 93.4 Å². The number of para-hydroxylation sites is 4. The van der Waals surface area contributed by atoms with Crippen LogP contribution in [0.15, 0.2) is 186 Å². The molecule has 8 aliphatic rings. The Morgan fingerprint density at radius 2 is 1.00 bits per heavy atom. The van der Waals surface area contributed by atoms with Crippen LogP contribution in [-0.2, 0) is 9.59 Å². The lowest BCUT2D eigenvalue weighted by Gasteiger charge is -2.30. The van der Waals surface area contributed by atoms with E-state index in [4.69, 9.17) is 62.7 Å². The molecule has 0 aliphatic carbocycles. The molecule has 26 heteroatoms. The summed E-state index contributed by atoms with van der Waals surface area (Å²) in [5, 5.41) is 6.50. The first-order valence-corrected chi connectivity index (χ1v) is 37.5. The van der Waals surface area contributed by atoms with Crippen molar-refractivity contribution in [1.29, 1.82) is 0 Å². The highest BCUT2D eigenvalue weighted by Crippen LogP contribution is 2.46. The maximum Gasteiger partial charge on any atom is 0.258 e. The molecule has 8 aliphatic heterocycles. The smallest absolute Gasteiger partial charge is 0.258 e. The number of hydrogen-bond donors (Lipinski definition) is 2. The minimum atomic E-state index is -0.526. The van der Waals surface area contributed by atoms with E-state index in [0.29, 0.717) is 64.4 Å². The summed E-state index contributed by atoms with van der Waals surface area (Å²) in [6.07, 6.45) is 0.427. The predicted octanol–water partition coefficient (Wildman–Crippen LogP) is 17.2. The maximum absolute atomic E-state index is 12.3. The van der Waals surface area contributed by atoms with Crippen molar-refractivity contribution in [3.63, 3.8) is 0 Å². The fourth-order valence-electron chi connectivity index (χ4n) is 13.1. The third-order valence-corrected chi connectivity index (χ3v) is 21.9. The second-order valence-corrected chi connectivity index (χ2v) is 29.2. The van der Waals surface area contributed by atoms with Gasteiger partial charge in [-0.3, -0.25) is 57.6 Å². The highest BCUT2D eigenvalue weighted by Gasteiger charge is 2.36. The van der Waals surface area contributed by atoms with Gasteiger partial charge in [-0.15, -0.1) is 0 Å². The highest BCUT2D eigenvalue weighted by molar-refractivity contribution is 9.10. The molecule has 20 nitrogen and oxygen atoms in total. The zero-order valence-electron chi connectivity index (χ0n) is 61.4. The van der Waals surface area contributed by atoms with E-state index in [1.165, 1.54) is 23.6 Å². The van der Waals surface area contributed by atoms with Crippen LogP contribution in [0.3, 0.4) is 0 Å². The van der Waals surface area contributed by atoms with Crippen molar-refractivity contribution in [2.45, 2.75) is 52.6 Å². The Morgan fingerprint density at radius 3 is 1.63 bits per heavy atom. The second kappa shape index (κ2) is 35.9. The van der Waals surface area contributed by atoms with Gasteiger partial charge in [0.15, 0.2) is 46.0 Å². The second-order valence-electron chi connectivity index (χ2n) is 26.4. The van der Waals surface area contributed by atoms with Gasteiger partial charge in [-0.2, -0.15) is 0 Å².